The van der Waals surface area contributed by atoms with Crippen molar-refractivity contribution in [1.82, 2.24) is 4.90 Å². The fourth-order valence-electron chi connectivity index (χ4n) is 3.68. The highest BCUT2D eigenvalue weighted by Gasteiger charge is 2.40. The number of hydrogen-bond acceptors (Lipinski definition) is 4. The third kappa shape index (κ3) is 3.31. The molecule has 1 fully saturated rings. The summed E-state index contributed by atoms with van der Waals surface area (Å²) in [4.78, 5) is 15.3. The smallest absolute Gasteiger partial charge is 0.174 e. The van der Waals surface area contributed by atoms with E-state index in [0.29, 0.717) is 5.56 Å². The minimum atomic E-state index is -0.0891. The van der Waals surface area contributed by atoms with Crippen LogP contribution in [-0.4, -0.2) is 37.0 Å². The molecule has 5 heteroatoms. The molecule has 2 aliphatic heterocycles. The van der Waals surface area contributed by atoms with Crippen molar-refractivity contribution in [3.8, 4) is 11.5 Å². The second-order valence-corrected chi connectivity index (χ2v) is 7.56. The van der Waals surface area contributed by atoms with Gasteiger partial charge in [-0.25, -0.2) is 0 Å². The molecular formula is C20H20BrNO3. The molecule has 25 heavy (non-hydrogen) atoms. The Morgan fingerprint density at radius 2 is 2.04 bits per heavy atom. The maximum atomic E-state index is 12.9. The van der Waals surface area contributed by atoms with E-state index in [9.17, 15) is 4.79 Å². The lowest BCUT2D eigenvalue weighted by Gasteiger charge is -2.40. The van der Waals surface area contributed by atoms with Crippen LogP contribution in [-0.2, 0) is 6.54 Å². The average molecular weight is 402 g/mol. The van der Waals surface area contributed by atoms with E-state index in [-0.39, 0.29) is 17.8 Å². The largest absolute Gasteiger partial charge is 0.497 e. The van der Waals surface area contributed by atoms with E-state index < -0.39 is 0 Å². The zero-order valence-corrected chi connectivity index (χ0v) is 15.7. The average Bonchev–Trinajstić information content (AvgIpc) is 2.64. The van der Waals surface area contributed by atoms with E-state index in [1.807, 2.05) is 30.3 Å². The number of carbonyl (C=O) groups is 1. The lowest BCUT2D eigenvalue weighted by molar-refractivity contribution is 0.0267. The fraction of sp³-hybridized carbons (Fsp3) is 0.350. The molecule has 0 saturated carbocycles. The number of likely N-dealkylation sites (tertiary alicyclic amines) is 1. The first-order valence-electron chi connectivity index (χ1n) is 8.50. The highest BCUT2D eigenvalue weighted by atomic mass is 79.9. The molecule has 2 atom stereocenters. The number of nitrogens with zero attached hydrogens (tertiary/aromatic N) is 1. The fourth-order valence-corrected chi connectivity index (χ4v) is 4.05. The van der Waals surface area contributed by atoms with Gasteiger partial charge in [0.05, 0.1) is 18.6 Å². The van der Waals surface area contributed by atoms with E-state index in [2.05, 4.69) is 33.0 Å². The molecule has 1 saturated heterocycles. The van der Waals surface area contributed by atoms with Crippen LogP contribution in [0, 0.1) is 5.92 Å². The van der Waals surface area contributed by atoms with Gasteiger partial charge in [-0.1, -0.05) is 28.1 Å². The number of halogens is 1. The number of benzene rings is 2. The Balaban J connectivity index is 1.49. The van der Waals surface area contributed by atoms with Crippen LogP contribution in [0.2, 0.25) is 0 Å². The van der Waals surface area contributed by atoms with E-state index in [0.717, 1.165) is 42.0 Å². The van der Waals surface area contributed by atoms with Crippen molar-refractivity contribution in [1.29, 1.82) is 0 Å². The van der Waals surface area contributed by atoms with Gasteiger partial charge in [-0.05, 0) is 42.3 Å². The zero-order chi connectivity index (χ0) is 17.4. The van der Waals surface area contributed by atoms with Crippen molar-refractivity contribution < 1.29 is 14.3 Å². The second-order valence-electron chi connectivity index (χ2n) is 6.64. The Morgan fingerprint density at radius 1 is 1.24 bits per heavy atom. The van der Waals surface area contributed by atoms with Crippen LogP contribution in [0.3, 0.4) is 0 Å². The van der Waals surface area contributed by atoms with Crippen molar-refractivity contribution in [2.75, 3.05) is 20.2 Å². The van der Waals surface area contributed by atoms with Gasteiger partial charge < -0.3 is 9.47 Å². The van der Waals surface area contributed by atoms with Crippen LogP contribution in [0.5, 0.6) is 11.5 Å². The van der Waals surface area contributed by atoms with Crippen LogP contribution in [0.1, 0.15) is 22.3 Å². The van der Waals surface area contributed by atoms with Gasteiger partial charge in [-0.2, -0.15) is 0 Å². The maximum absolute atomic E-state index is 12.9. The third-order valence-corrected chi connectivity index (χ3v) is 5.51. The molecule has 2 aliphatic rings. The third-order valence-electron chi connectivity index (χ3n) is 5.02. The lowest BCUT2D eigenvalue weighted by atomic mass is 9.84. The molecule has 0 aromatic heterocycles. The number of Topliss-reactive ketones (excluding diaryl/α,β-unsaturated/α-hetero) is 1. The van der Waals surface area contributed by atoms with Gasteiger partial charge >= 0.3 is 0 Å². The maximum Gasteiger partial charge on any atom is 0.174 e. The summed E-state index contributed by atoms with van der Waals surface area (Å²) in [7, 11) is 1.67. The summed E-state index contributed by atoms with van der Waals surface area (Å²) < 4.78 is 12.2. The van der Waals surface area contributed by atoms with Gasteiger partial charge in [-0.15, -0.1) is 0 Å². The molecule has 2 heterocycles. The van der Waals surface area contributed by atoms with Crippen LogP contribution in [0.4, 0.5) is 0 Å². The molecule has 130 valence electrons. The summed E-state index contributed by atoms with van der Waals surface area (Å²) in [6, 6.07) is 13.8. The quantitative estimate of drug-likeness (QED) is 0.780. The van der Waals surface area contributed by atoms with Crippen LogP contribution in [0.25, 0.3) is 0 Å². The van der Waals surface area contributed by atoms with Crippen LogP contribution >= 0.6 is 15.9 Å². The van der Waals surface area contributed by atoms with Crippen molar-refractivity contribution in [2.45, 2.75) is 19.1 Å². The standard InChI is InChI=1S/C20H20BrNO3/c1-24-15-5-2-13(3-6-15)11-22-9-8-19-17(12-22)20(23)16-10-14(21)4-7-18(16)25-19/h2-7,10,17,19H,8-9,11-12H2,1H3/t17-,19+/m1/s1. The number of carbonyl (C=O) groups excluding carboxylic acids is 1. The number of hydrogen-bond donors (Lipinski definition) is 0. The molecule has 4 rings (SSSR count). The van der Waals surface area contributed by atoms with E-state index >= 15 is 0 Å². The molecule has 2 aromatic rings. The summed E-state index contributed by atoms with van der Waals surface area (Å²) in [5.41, 5.74) is 1.92. The van der Waals surface area contributed by atoms with Crippen LogP contribution < -0.4 is 9.47 Å². The molecule has 0 amide bonds. The summed E-state index contributed by atoms with van der Waals surface area (Å²) in [6.07, 6.45) is 0.871. The Morgan fingerprint density at radius 3 is 2.80 bits per heavy atom. The topological polar surface area (TPSA) is 38.8 Å². The minimum Gasteiger partial charge on any atom is -0.497 e. The summed E-state index contributed by atoms with van der Waals surface area (Å²) in [5.74, 6) is 1.69. The Kier molecular flexibility index (Phi) is 4.52. The summed E-state index contributed by atoms with van der Waals surface area (Å²) in [5, 5.41) is 0. The van der Waals surface area contributed by atoms with Gasteiger partial charge in [0.1, 0.15) is 17.6 Å². The van der Waals surface area contributed by atoms with Crippen LogP contribution in [0.15, 0.2) is 46.9 Å². The molecule has 0 bridgehead atoms. The van der Waals surface area contributed by atoms with Gasteiger partial charge in [0.25, 0.3) is 0 Å². The first-order valence-corrected chi connectivity index (χ1v) is 9.29. The van der Waals surface area contributed by atoms with Gasteiger partial charge in [-0.3, -0.25) is 9.69 Å². The molecule has 0 N–H and O–H groups in total. The predicted octanol–water partition coefficient (Wildman–Crippen LogP) is 3.92. The minimum absolute atomic E-state index is 0.00621. The normalized spacial score (nSPS) is 22.7. The Labute approximate surface area is 155 Å². The van der Waals surface area contributed by atoms with Gasteiger partial charge in [0.15, 0.2) is 5.78 Å². The molecule has 0 spiro atoms. The molecular weight excluding hydrogens is 382 g/mol. The van der Waals surface area contributed by atoms with E-state index in [4.69, 9.17) is 9.47 Å². The predicted molar refractivity (Wildman–Crippen MR) is 99.3 cm³/mol. The van der Waals surface area contributed by atoms with Crippen molar-refractivity contribution >= 4 is 21.7 Å². The Bertz CT molecular complexity index is 790. The highest BCUT2D eigenvalue weighted by molar-refractivity contribution is 9.10. The lowest BCUT2D eigenvalue weighted by Crippen LogP contribution is -2.50. The molecule has 0 aliphatic carbocycles. The zero-order valence-electron chi connectivity index (χ0n) is 14.1. The number of piperidine rings is 1. The molecule has 4 nitrogen and oxygen atoms in total. The summed E-state index contributed by atoms with van der Waals surface area (Å²) >= 11 is 3.45. The molecule has 0 radical (unpaired) electrons. The molecule has 0 unspecified atom stereocenters. The Hall–Kier alpha value is -1.85. The SMILES string of the molecule is COc1ccc(CN2CC[C@@H]3Oc4ccc(Br)cc4C(=O)[C@@H]3C2)cc1. The first-order chi connectivity index (χ1) is 12.1. The van der Waals surface area contributed by atoms with E-state index in [1.54, 1.807) is 7.11 Å². The van der Waals surface area contributed by atoms with Gasteiger partial charge in [0, 0.05) is 24.1 Å². The number of ketones is 1. The van der Waals surface area contributed by atoms with Gasteiger partial charge in [0.2, 0.25) is 0 Å². The van der Waals surface area contributed by atoms with E-state index in [1.165, 1.54) is 5.56 Å². The number of ether oxygens (including phenoxy) is 2. The number of rotatable bonds is 3. The monoisotopic (exact) mass is 401 g/mol. The van der Waals surface area contributed by atoms with Crippen molar-refractivity contribution in [3.05, 3.63) is 58.1 Å². The second kappa shape index (κ2) is 6.81. The van der Waals surface area contributed by atoms with Crippen molar-refractivity contribution in [3.63, 3.8) is 0 Å². The number of fused-ring (bicyclic) bond motifs is 2. The number of methoxy groups -OCH3 is 1. The first kappa shape index (κ1) is 16.6. The van der Waals surface area contributed by atoms with Crippen molar-refractivity contribution in [2.24, 2.45) is 5.92 Å². The summed E-state index contributed by atoms with van der Waals surface area (Å²) in [6.45, 7) is 2.51. The molecule has 2 aromatic carbocycles. The highest BCUT2D eigenvalue weighted by Crippen LogP contribution is 2.36.